The molecule has 0 N–H and O–H groups in total. The molecule has 1 fully saturated rings. The molecule has 1 aromatic rings. The van der Waals surface area contributed by atoms with Gasteiger partial charge in [0.05, 0.1) is 12.7 Å². The molecule has 0 spiro atoms. The van der Waals surface area contributed by atoms with Crippen LogP contribution in [0.15, 0.2) is 24.3 Å². The van der Waals surface area contributed by atoms with E-state index in [1.807, 2.05) is 0 Å². The first-order chi connectivity index (χ1) is 6.25. The van der Waals surface area contributed by atoms with Crippen molar-refractivity contribution in [1.82, 2.24) is 0 Å². The number of hydrogen-bond donors (Lipinski definition) is 0. The standard InChI is InChI=1S/C10H12INO/c1-12(6-10-7-13-10)9-4-2-8(11)3-5-9/h2-5,10H,6-7H2,1H3. The van der Waals surface area contributed by atoms with Gasteiger partial charge in [-0.1, -0.05) is 0 Å². The maximum atomic E-state index is 5.18. The fourth-order valence-electron chi connectivity index (χ4n) is 1.28. The van der Waals surface area contributed by atoms with Crippen LogP contribution in [0.2, 0.25) is 0 Å². The van der Waals surface area contributed by atoms with Crippen LogP contribution in [-0.4, -0.2) is 26.3 Å². The summed E-state index contributed by atoms with van der Waals surface area (Å²) in [6.45, 7) is 1.93. The molecule has 2 rings (SSSR count). The Labute approximate surface area is 92.0 Å². The molecule has 1 heterocycles. The topological polar surface area (TPSA) is 15.8 Å². The molecule has 13 heavy (non-hydrogen) atoms. The molecule has 70 valence electrons. The van der Waals surface area contributed by atoms with Crippen molar-refractivity contribution < 1.29 is 4.74 Å². The molecule has 0 aliphatic carbocycles. The second kappa shape index (κ2) is 3.84. The second-order valence-corrected chi connectivity index (χ2v) is 4.56. The van der Waals surface area contributed by atoms with E-state index in [-0.39, 0.29) is 0 Å². The van der Waals surface area contributed by atoms with Crippen molar-refractivity contribution in [3.8, 4) is 0 Å². The zero-order valence-electron chi connectivity index (χ0n) is 7.53. The Balaban J connectivity index is 2.01. The van der Waals surface area contributed by atoms with Crippen LogP contribution in [0.25, 0.3) is 0 Å². The first-order valence-electron chi connectivity index (χ1n) is 4.34. The number of likely N-dealkylation sites (N-methyl/N-ethyl adjacent to an activating group) is 1. The van der Waals surface area contributed by atoms with E-state index in [0.29, 0.717) is 6.10 Å². The highest BCUT2D eigenvalue weighted by molar-refractivity contribution is 14.1. The van der Waals surface area contributed by atoms with Gasteiger partial charge in [0.15, 0.2) is 0 Å². The zero-order chi connectivity index (χ0) is 9.26. The van der Waals surface area contributed by atoms with Crippen molar-refractivity contribution >= 4 is 28.3 Å². The van der Waals surface area contributed by atoms with Gasteiger partial charge in [0, 0.05) is 22.8 Å². The molecule has 3 heteroatoms. The first-order valence-corrected chi connectivity index (χ1v) is 5.42. The Bertz CT molecular complexity index is 281. The molecule has 1 aliphatic rings. The van der Waals surface area contributed by atoms with Crippen molar-refractivity contribution in [3.05, 3.63) is 27.8 Å². The highest BCUT2D eigenvalue weighted by Crippen LogP contribution is 2.18. The van der Waals surface area contributed by atoms with E-state index in [1.165, 1.54) is 9.26 Å². The molecule has 1 aliphatic heterocycles. The summed E-state index contributed by atoms with van der Waals surface area (Å²) in [7, 11) is 2.10. The Kier molecular flexibility index (Phi) is 2.74. The Morgan fingerprint density at radius 2 is 2.08 bits per heavy atom. The molecule has 0 saturated carbocycles. The lowest BCUT2D eigenvalue weighted by Gasteiger charge is -2.17. The number of anilines is 1. The fraction of sp³-hybridized carbons (Fsp3) is 0.400. The Morgan fingerprint density at radius 1 is 1.46 bits per heavy atom. The molecule has 0 bridgehead atoms. The summed E-state index contributed by atoms with van der Waals surface area (Å²) < 4.78 is 6.46. The van der Waals surface area contributed by atoms with Crippen LogP contribution in [0.3, 0.4) is 0 Å². The van der Waals surface area contributed by atoms with Crippen LogP contribution in [0.1, 0.15) is 0 Å². The van der Waals surface area contributed by atoms with Gasteiger partial charge in [-0.15, -0.1) is 0 Å². The predicted octanol–water partition coefficient (Wildman–Crippen LogP) is 2.13. The van der Waals surface area contributed by atoms with E-state index in [1.54, 1.807) is 0 Å². The average molecular weight is 289 g/mol. The van der Waals surface area contributed by atoms with Gasteiger partial charge in [-0.2, -0.15) is 0 Å². The van der Waals surface area contributed by atoms with Gasteiger partial charge < -0.3 is 9.64 Å². The van der Waals surface area contributed by atoms with E-state index in [2.05, 4.69) is 58.8 Å². The quantitative estimate of drug-likeness (QED) is 0.626. The maximum Gasteiger partial charge on any atom is 0.0984 e. The summed E-state index contributed by atoms with van der Waals surface area (Å²) >= 11 is 2.31. The summed E-state index contributed by atoms with van der Waals surface area (Å²) in [6.07, 6.45) is 0.462. The average Bonchev–Trinajstić information content (AvgIpc) is 2.89. The zero-order valence-corrected chi connectivity index (χ0v) is 9.69. The van der Waals surface area contributed by atoms with Crippen molar-refractivity contribution in [1.29, 1.82) is 0 Å². The number of epoxide rings is 1. The van der Waals surface area contributed by atoms with E-state index in [9.17, 15) is 0 Å². The van der Waals surface area contributed by atoms with Gasteiger partial charge in [-0.3, -0.25) is 0 Å². The van der Waals surface area contributed by atoms with Gasteiger partial charge in [-0.25, -0.2) is 0 Å². The number of nitrogens with zero attached hydrogens (tertiary/aromatic N) is 1. The molecule has 0 aromatic heterocycles. The predicted molar refractivity (Wildman–Crippen MR) is 62.2 cm³/mol. The van der Waals surface area contributed by atoms with E-state index < -0.39 is 0 Å². The number of halogens is 1. The number of benzene rings is 1. The van der Waals surface area contributed by atoms with Crippen molar-refractivity contribution in [2.75, 3.05) is 25.1 Å². The van der Waals surface area contributed by atoms with Crippen molar-refractivity contribution in [2.45, 2.75) is 6.10 Å². The normalized spacial score (nSPS) is 20.0. The highest BCUT2D eigenvalue weighted by atomic mass is 127. The van der Waals surface area contributed by atoms with Crippen LogP contribution < -0.4 is 4.90 Å². The van der Waals surface area contributed by atoms with Crippen LogP contribution in [0, 0.1) is 3.57 Å². The lowest BCUT2D eigenvalue weighted by Crippen LogP contribution is -2.22. The molecule has 1 atom stereocenters. The number of hydrogen-bond acceptors (Lipinski definition) is 2. The Hall–Kier alpha value is -0.290. The van der Waals surface area contributed by atoms with Gasteiger partial charge in [0.25, 0.3) is 0 Å². The summed E-state index contributed by atoms with van der Waals surface area (Å²) in [5, 5.41) is 0. The maximum absolute atomic E-state index is 5.18. The van der Waals surface area contributed by atoms with E-state index in [0.717, 1.165) is 13.2 Å². The van der Waals surface area contributed by atoms with Crippen LogP contribution in [0.5, 0.6) is 0 Å². The largest absolute Gasteiger partial charge is 0.372 e. The molecule has 1 aromatic carbocycles. The van der Waals surface area contributed by atoms with Crippen molar-refractivity contribution in [2.24, 2.45) is 0 Å². The van der Waals surface area contributed by atoms with Crippen molar-refractivity contribution in [3.63, 3.8) is 0 Å². The first kappa shape index (κ1) is 9.27. The summed E-state index contributed by atoms with van der Waals surface area (Å²) in [5.74, 6) is 0. The van der Waals surface area contributed by atoms with Crippen LogP contribution in [-0.2, 0) is 4.74 Å². The van der Waals surface area contributed by atoms with Crippen LogP contribution in [0.4, 0.5) is 5.69 Å². The highest BCUT2D eigenvalue weighted by Gasteiger charge is 2.23. The van der Waals surface area contributed by atoms with Gasteiger partial charge >= 0.3 is 0 Å². The minimum absolute atomic E-state index is 0.462. The van der Waals surface area contributed by atoms with Gasteiger partial charge in [0.2, 0.25) is 0 Å². The smallest absolute Gasteiger partial charge is 0.0984 e. The summed E-state index contributed by atoms with van der Waals surface area (Å²) in [6, 6.07) is 8.54. The van der Waals surface area contributed by atoms with E-state index >= 15 is 0 Å². The molecule has 2 nitrogen and oxygen atoms in total. The SMILES string of the molecule is CN(CC1CO1)c1ccc(I)cc1. The molecule has 1 saturated heterocycles. The molecule has 1 unspecified atom stereocenters. The minimum atomic E-state index is 0.462. The second-order valence-electron chi connectivity index (χ2n) is 3.31. The fourth-order valence-corrected chi connectivity index (χ4v) is 1.64. The van der Waals surface area contributed by atoms with Crippen LogP contribution >= 0.6 is 22.6 Å². The Morgan fingerprint density at radius 3 is 2.62 bits per heavy atom. The number of ether oxygens (including phenoxy) is 1. The lowest BCUT2D eigenvalue weighted by atomic mass is 10.3. The summed E-state index contributed by atoms with van der Waals surface area (Å²) in [4.78, 5) is 2.23. The van der Waals surface area contributed by atoms with Gasteiger partial charge in [-0.05, 0) is 46.9 Å². The molecular formula is C10H12INO. The van der Waals surface area contributed by atoms with E-state index in [4.69, 9.17) is 4.74 Å². The molecule has 0 amide bonds. The minimum Gasteiger partial charge on any atom is -0.372 e. The number of rotatable bonds is 3. The van der Waals surface area contributed by atoms with Gasteiger partial charge in [0.1, 0.15) is 0 Å². The third-order valence-corrected chi connectivity index (χ3v) is 2.87. The third-order valence-electron chi connectivity index (χ3n) is 2.15. The molecule has 0 radical (unpaired) electrons. The third kappa shape index (κ3) is 2.57. The monoisotopic (exact) mass is 289 g/mol. The summed E-state index contributed by atoms with van der Waals surface area (Å²) in [5.41, 5.74) is 1.26. The lowest BCUT2D eigenvalue weighted by molar-refractivity contribution is 0.410. The molecular weight excluding hydrogens is 277 g/mol.